The number of carbonyl (C=O) groups excluding carboxylic acids is 3. The number of hydrogen-bond acceptors (Lipinski definition) is 6. The van der Waals surface area contributed by atoms with Crippen LogP contribution in [0.1, 0.15) is 27.2 Å². The number of likely N-dealkylation sites (tertiary alicyclic amines) is 1. The van der Waals surface area contributed by atoms with E-state index < -0.39 is 35.1 Å². The molecule has 4 aliphatic rings. The lowest BCUT2D eigenvalue weighted by molar-refractivity contribution is -0.148. The average Bonchev–Trinajstić information content (AvgIpc) is 3.27. The molecule has 4 aliphatic heterocycles. The number of amides is 3. The maximum atomic E-state index is 14.7. The summed E-state index contributed by atoms with van der Waals surface area (Å²) in [7, 11) is 1.58. The molecular weight excluding hydrogens is 546 g/mol. The number of ether oxygens (including phenoxy) is 2. The Morgan fingerprint density at radius 2 is 1.51 bits per heavy atom. The van der Waals surface area contributed by atoms with Crippen LogP contribution < -0.4 is 14.5 Å². The molecule has 1 spiro atoms. The molecule has 2 aromatic carbocycles. The highest BCUT2D eigenvalue weighted by Gasteiger charge is 2.75. The summed E-state index contributed by atoms with van der Waals surface area (Å²) in [6, 6.07) is 14.9. The van der Waals surface area contributed by atoms with Crippen LogP contribution in [0.2, 0.25) is 0 Å². The van der Waals surface area contributed by atoms with Crippen LogP contribution in [0.3, 0.4) is 0 Å². The fourth-order valence-electron chi connectivity index (χ4n) is 7.51. The minimum Gasteiger partial charge on any atom is -0.497 e. The normalized spacial score (nSPS) is 30.7. The average molecular weight is 586 g/mol. The lowest BCUT2D eigenvalue weighted by Gasteiger charge is -2.40. The molecule has 0 radical (unpaired) electrons. The first-order chi connectivity index (χ1) is 20.6. The van der Waals surface area contributed by atoms with Gasteiger partial charge in [-0.15, -0.1) is 0 Å². The molecule has 1 unspecified atom stereocenters. The van der Waals surface area contributed by atoms with Crippen LogP contribution in [0, 0.1) is 17.8 Å². The van der Waals surface area contributed by atoms with E-state index in [0.717, 1.165) is 5.69 Å². The van der Waals surface area contributed by atoms with E-state index in [4.69, 9.17) is 9.47 Å². The Morgan fingerprint density at radius 3 is 2.14 bits per heavy atom. The zero-order chi connectivity index (χ0) is 30.5. The van der Waals surface area contributed by atoms with E-state index in [2.05, 4.69) is 0 Å². The predicted octanol–water partition coefficient (Wildman–Crippen LogP) is 3.58. The quantitative estimate of drug-likeness (QED) is 0.499. The zero-order valence-corrected chi connectivity index (χ0v) is 25.1. The van der Waals surface area contributed by atoms with Gasteiger partial charge in [0.1, 0.15) is 17.4 Å². The van der Waals surface area contributed by atoms with Crippen molar-refractivity contribution < 1.29 is 29.0 Å². The number of benzene rings is 2. The number of nitrogens with zero attached hydrogens (tertiary/aromatic N) is 3. The first kappa shape index (κ1) is 29.1. The molecule has 4 heterocycles. The topological polar surface area (TPSA) is 99.6 Å². The van der Waals surface area contributed by atoms with E-state index in [9.17, 15) is 19.5 Å². The number of aliphatic hydroxyl groups excluding tert-OH is 1. The number of para-hydroxylation sites is 1. The Balaban J connectivity index is 1.49. The summed E-state index contributed by atoms with van der Waals surface area (Å²) in [5.74, 6) is -1.91. The molecule has 9 heteroatoms. The molecule has 6 atom stereocenters. The van der Waals surface area contributed by atoms with Gasteiger partial charge in [-0.2, -0.15) is 0 Å². The van der Waals surface area contributed by atoms with Gasteiger partial charge in [-0.3, -0.25) is 14.4 Å². The second-order valence-corrected chi connectivity index (χ2v) is 12.4. The monoisotopic (exact) mass is 585 g/mol. The SMILES string of the molecule is COc1ccc(N2CC=C[C@]34O[C@@]5(C)C=CCN(c6ccccc6)C(=O)[C@H]5[C@H]3C(=O)N([C@@H](CO)CC(C)C)C4C2=O)cc1. The lowest BCUT2D eigenvalue weighted by Crippen LogP contribution is -2.59. The molecule has 226 valence electrons. The molecule has 0 aliphatic carbocycles. The Hall–Kier alpha value is -3.95. The van der Waals surface area contributed by atoms with E-state index in [1.165, 1.54) is 4.90 Å². The molecule has 2 fully saturated rings. The Labute approximate surface area is 252 Å². The van der Waals surface area contributed by atoms with Gasteiger partial charge < -0.3 is 29.3 Å². The summed E-state index contributed by atoms with van der Waals surface area (Å²) < 4.78 is 12.3. The second kappa shape index (κ2) is 11.0. The Kier molecular flexibility index (Phi) is 7.42. The van der Waals surface area contributed by atoms with Gasteiger partial charge in [-0.1, -0.05) is 56.4 Å². The van der Waals surface area contributed by atoms with Gasteiger partial charge in [0.25, 0.3) is 5.91 Å². The third-order valence-electron chi connectivity index (χ3n) is 9.29. The van der Waals surface area contributed by atoms with Crippen molar-refractivity contribution in [2.45, 2.75) is 50.5 Å². The highest BCUT2D eigenvalue weighted by Crippen LogP contribution is 2.58. The number of methoxy groups -OCH3 is 1. The van der Waals surface area contributed by atoms with Crippen molar-refractivity contribution in [2.24, 2.45) is 17.8 Å². The van der Waals surface area contributed by atoms with Gasteiger partial charge in [-0.05, 0) is 55.7 Å². The van der Waals surface area contributed by atoms with Crippen LogP contribution in [0.4, 0.5) is 11.4 Å². The Bertz CT molecular complexity index is 1460. The summed E-state index contributed by atoms with van der Waals surface area (Å²) in [4.78, 5) is 48.8. The Morgan fingerprint density at radius 1 is 0.884 bits per heavy atom. The summed E-state index contributed by atoms with van der Waals surface area (Å²) in [6.45, 7) is 6.16. The maximum Gasteiger partial charge on any atom is 0.253 e. The largest absolute Gasteiger partial charge is 0.497 e. The van der Waals surface area contributed by atoms with Crippen molar-refractivity contribution in [1.82, 2.24) is 4.90 Å². The van der Waals surface area contributed by atoms with Crippen LogP contribution in [-0.2, 0) is 19.1 Å². The van der Waals surface area contributed by atoms with Crippen molar-refractivity contribution in [1.29, 1.82) is 0 Å². The number of rotatable bonds is 7. The second-order valence-electron chi connectivity index (χ2n) is 12.4. The molecule has 6 rings (SSSR count). The molecule has 43 heavy (non-hydrogen) atoms. The van der Waals surface area contributed by atoms with Crippen LogP contribution >= 0.6 is 0 Å². The third kappa shape index (κ3) is 4.57. The lowest BCUT2D eigenvalue weighted by atomic mass is 9.74. The number of fused-ring (bicyclic) bond motifs is 2. The van der Waals surface area contributed by atoms with Crippen molar-refractivity contribution in [3.63, 3.8) is 0 Å². The molecular formula is C34H39N3O6. The molecule has 0 aromatic heterocycles. The van der Waals surface area contributed by atoms with Gasteiger partial charge in [0.05, 0.1) is 37.2 Å². The fourth-order valence-corrected chi connectivity index (χ4v) is 7.51. The predicted molar refractivity (Wildman–Crippen MR) is 163 cm³/mol. The van der Waals surface area contributed by atoms with E-state index in [1.54, 1.807) is 29.0 Å². The molecule has 3 amide bonds. The summed E-state index contributed by atoms with van der Waals surface area (Å²) >= 11 is 0. The van der Waals surface area contributed by atoms with Crippen LogP contribution in [0.5, 0.6) is 5.75 Å². The van der Waals surface area contributed by atoms with Gasteiger partial charge in [-0.25, -0.2) is 0 Å². The molecule has 2 saturated heterocycles. The van der Waals surface area contributed by atoms with E-state index >= 15 is 0 Å². The molecule has 9 nitrogen and oxygen atoms in total. The van der Waals surface area contributed by atoms with Gasteiger partial charge in [0.2, 0.25) is 11.8 Å². The minimum atomic E-state index is -1.40. The van der Waals surface area contributed by atoms with Gasteiger partial charge in [0.15, 0.2) is 0 Å². The standard InChI is InChI=1S/C34H39N3O6/c1-22(2)20-25(21-38)37-29-32(41)36(24-12-14-26(42-4)15-13-24)19-9-17-34(29)28(31(37)40)27-30(39)35(23-10-6-5-7-11-23)18-8-16-33(27,3)43-34/h5-17,22,25,27-29,38H,18-21H2,1-4H3/t25-,27-,28+,29?,33+,34+/m1/s1. The highest BCUT2D eigenvalue weighted by molar-refractivity contribution is 6.07. The smallest absolute Gasteiger partial charge is 0.253 e. The van der Waals surface area contributed by atoms with E-state index in [-0.39, 0.29) is 36.8 Å². The molecule has 0 bridgehead atoms. The van der Waals surface area contributed by atoms with Gasteiger partial charge >= 0.3 is 0 Å². The molecule has 1 N–H and O–H groups in total. The third-order valence-corrected chi connectivity index (χ3v) is 9.29. The molecule has 0 saturated carbocycles. The first-order valence-electron chi connectivity index (χ1n) is 15.0. The number of hydrogen-bond donors (Lipinski definition) is 1. The summed E-state index contributed by atoms with van der Waals surface area (Å²) in [6.07, 6.45) is 7.97. The number of anilines is 2. The van der Waals surface area contributed by atoms with Crippen LogP contribution in [-0.4, -0.2) is 77.8 Å². The van der Waals surface area contributed by atoms with Crippen molar-refractivity contribution >= 4 is 29.1 Å². The number of carbonyl (C=O) groups is 3. The first-order valence-corrected chi connectivity index (χ1v) is 15.0. The van der Waals surface area contributed by atoms with E-state index in [0.29, 0.717) is 24.4 Å². The van der Waals surface area contributed by atoms with Crippen molar-refractivity contribution in [3.8, 4) is 5.75 Å². The maximum absolute atomic E-state index is 14.7. The van der Waals surface area contributed by atoms with Crippen molar-refractivity contribution in [3.05, 3.63) is 78.9 Å². The summed E-state index contributed by atoms with van der Waals surface area (Å²) in [5.41, 5.74) is -1.15. The van der Waals surface area contributed by atoms with Crippen molar-refractivity contribution in [2.75, 3.05) is 36.6 Å². The van der Waals surface area contributed by atoms with Crippen LogP contribution in [0.25, 0.3) is 0 Å². The fraction of sp³-hybridized carbons (Fsp3) is 0.441. The van der Waals surface area contributed by atoms with Crippen LogP contribution in [0.15, 0.2) is 78.9 Å². The van der Waals surface area contributed by atoms with E-state index in [1.807, 2.05) is 87.5 Å². The van der Waals surface area contributed by atoms with Gasteiger partial charge in [0, 0.05) is 24.5 Å². The summed E-state index contributed by atoms with van der Waals surface area (Å²) in [5, 5.41) is 10.6. The minimum absolute atomic E-state index is 0.151. The highest BCUT2D eigenvalue weighted by atomic mass is 16.5. The molecule has 2 aromatic rings. The zero-order valence-electron chi connectivity index (χ0n) is 25.1. The number of aliphatic hydroxyl groups is 1.